The molecule has 1 saturated carbocycles. The number of benzene rings is 1. The summed E-state index contributed by atoms with van der Waals surface area (Å²) in [6.45, 7) is 1.98. The lowest BCUT2D eigenvalue weighted by atomic mass is 9.97. The Morgan fingerprint density at radius 2 is 2.06 bits per heavy atom. The number of ether oxygens (including phenoxy) is 2. The Morgan fingerprint density at radius 3 is 2.61 bits per heavy atom. The highest BCUT2D eigenvalue weighted by atomic mass is 16.5. The summed E-state index contributed by atoms with van der Waals surface area (Å²) in [5, 5.41) is 0. The average Bonchev–Trinajstić information content (AvgIpc) is 3.20. The third-order valence-corrected chi connectivity index (χ3v) is 3.24. The first-order valence-electron chi connectivity index (χ1n) is 6.09. The minimum atomic E-state index is -0.368. The highest BCUT2D eigenvalue weighted by molar-refractivity contribution is 6.16. The summed E-state index contributed by atoms with van der Waals surface area (Å²) in [4.78, 5) is 11.8. The van der Waals surface area contributed by atoms with Gasteiger partial charge in [-0.15, -0.1) is 0 Å². The van der Waals surface area contributed by atoms with E-state index in [1.807, 2.05) is 6.92 Å². The normalized spacial score (nSPS) is 15.4. The SMILES string of the molecule is CO/C=C(/C(=O)OC)c1cc(C2CC2)ccc1C. The Balaban J connectivity index is 2.42. The van der Waals surface area contributed by atoms with Crippen molar-refractivity contribution in [1.82, 2.24) is 0 Å². The molecule has 1 aromatic carbocycles. The Morgan fingerprint density at radius 1 is 1.33 bits per heavy atom. The Hall–Kier alpha value is -1.77. The first-order valence-corrected chi connectivity index (χ1v) is 6.09. The van der Waals surface area contributed by atoms with E-state index in [0.29, 0.717) is 11.5 Å². The van der Waals surface area contributed by atoms with Crippen molar-refractivity contribution in [2.24, 2.45) is 0 Å². The van der Waals surface area contributed by atoms with Gasteiger partial charge in [0.1, 0.15) is 5.57 Å². The van der Waals surface area contributed by atoms with Crippen LogP contribution in [0.15, 0.2) is 24.5 Å². The molecule has 0 saturated heterocycles. The zero-order chi connectivity index (χ0) is 13.1. The number of methoxy groups -OCH3 is 2. The predicted octanol–water partition coefficient (Wildman–Crippen LogP) is 3.03. The molecule has 2 rings (SSSR count). The third-order valence-electron chi connectivity index (χ3n) is 3.24. The maximum atomic E-state index is 11.8. The van der Waals surface area contributed by atoms with Gasteiger partial charge < -0.3 is 9.47 Å². The molecule has 1 aliphatic rings. The largest absolute Gasteiger partial charge is 0.503 e. The highest BCUT2D eigenvalue weighted by Gasteiger charge is 2.25. The molecule has 3 heteroatoms. The molecule has 0 atom stereocenters. The molecule has 96 valence electrons. The third kappa shape index (κ3) is 2.55. The molecule has 1 aliphatic carbocycles. The van der Waals surface area contributed by atoms with Crippen LogP contribution in [-0.4, -0.2) is 20.2 Å². The van der Waals surface area contributed by atoms with Gasteiger partial charge in [0.05, 0.1) is 20.5 Å². The first kappa shape index (κ1) is 12.7. The Labute approximate surface area is 107 Å². The van der Waals surface area contributed by atoms with Crippen molar-refractivity contribution in [2.45, 2.75) is 25.7 Å². The summed E-state index contributed by atoms with van der Waals surface area (Å²) < 4.78 is 9.79. The number of carbonyl (C=O) groups is 1. The van der Waals surface area contributed by atoms with Crippen molar-refractivity contribution in [3.63, 3.8) is 0 Å². The molecule has 0 N–H and O–H groups in total. The molecular formula is C15H18O3. The molecule has 18 heavy (non-hydrogen) atoms. The minimum absolute atomic E-state index is 0.368. The summed E-state index contributed by atoms with van der Waals surface area (Å²) in [6.07, 6.45) is 3.93. The topological polar surface area (TPSA) is 35.5 Å². The van der Waals surface area contributed by atoms with Crippen LogP contribution in [0, 0.1) is 6.92 Å². The van der Waals surface area contributed by atoms with Gasteiger partial charge in [0.25, 0.3) is 0 Å². The molecule has 0 spiro atoms. The van der Waals surface area contributed by atoms with E-state index in [1.165, 1.54) is 38.9 Å². The molecule has 1 fully saturated rings. The number of esters is 1. The summed E-state index contributed by atoms with van der Waals surface area (Å²) in [5.74, 6) is 0.290. The second-order valence-corrected chi connectivity index (χ2v) is 4.61. The summed E-state index contributed by atoms with van der Waals surface area (Å²) >= 11 is 0. The summed E-state index contributed by atoms with van der Waals surface area (Å²) in [5.41, 5.74) is 3.71. The van der Waals surface area contributed by atoms with Gasteiger partial charge in [-0.2, -0.15) is 0 Å². The second-order valence-electron chi connectivity index (χ2n) is 4.61. The number of carbonyl (C=O) groups excluding carboxylic acids is 1. The number of hydrogen-bond acceptors (Lipinski definition) is 3. The van der Waals surface area contributed by atoms with E-state index in [1.54, 1.807) is 0 Å². The van der Waals surface area contributed by atoms with E-state index in [2.05, 4.69) is 18.2 Å². The fourth-order valence-corrected chi connectivity index (χ4v) is 2.05. The molecule has 0 unspecified atom stereocenters. The minimum Gasteiger partial charge on any atom is -0.503 e. The van der Waals surface area contributed by atoms with E-state index in [0.717, 1.165) is 11.1 Å². The van der Waals surface area contributed by atoms with E-state index >= 15 is 0 Å². The van der Waals surface area contributed by atoms with Crippen molar-refractivity contribution in [3.8, 4) is 0 Å². The van der Waals surface area contributed by atoms with Crippen molar-refractivity contribution in [1.29, 1.82) is 0 Å². The van der Waals surface area contributed by atoms with Crippen LogP contribution < -0.4 is 0 Å². The molecule has 0 radical (unpaired) electrons. The summed E-state index contributed by atoms with van der Waals surface area (Å²) in [6, 6.07) is 6.27. The van der Waals surface area contributed by atoms with Gasteiger partial charge in [0.2, 0.25) is 0 Å². The monoisotopic (exact) mass is 246 g/mol. The van der Waals surface area contributed by atoms with Crippen LogP contribution in [-0.2, 0) is 14.3 Å². The average molecular weight is 246 g/mol. The van der Waals surface area contributed by atoms with Crippen molar-refractivity contribution in [2.75, 3.05) is 14.2 Å². The smallest absolute Gasteiger partial charge is 0.341 e. The quantitative estimate of drug-likeness (QED) is 0.465. The van der Waals surface area contributed by atoms with Gasteiger partial charge in [-0.3, -0.25) is 0 Å². The molecule has 0 aromatic heterocycles. The van der Waals surface area contributed by atoms with Gasteiger partial charge >= 0.3 is 5.97 Å². The first-order chi connectivity index (χ1) is 8.67. The fourth-order valence-electron chi connectivity index (χ4n) is 2.05. The summed E-state index contributed by atoms with van der Waals surface area (Å²) in [7, 11) is 2.91. The molecule has 3 nitrogen and oxygen atoms in total. The lowest BCUT2D eigenvalue weighted by Gasteiger charge is -2.10. The van der Waals surface area contributed by atoms with Gasteiger partial charge in [-0.1, -0.05) is 18.2 Å². The predicted molar refractivity (Wildman–Crippen MR) is 70.2 cm³/mol. The van der Waals surface area contributed by atoms with Crippen molar-refractivity contribution in [3.05, 3.63) is 41.2 Å². The van der Waals surface area contributed by atoms with Gasteiger partial charge in [-0.05, 0) is 42.4 Å². The molecule has 0 amide bonds. The second kappa shape index (κ2) is 5.25. The number of aryl methyl sites for hydroxylation is 1. The van der Waals surface area contributed by atoms with Crippen LogP contribution in [0.1, 0.15) is 35.4 Å². The van der Waals surface area contributed by atoms with Crippen LogP contribution >= 0.6 is 0 Å². The van der Waals surface area contributed by atoms with Crippen LogP contribution in [0.25, 0.3) is 5.57 Å². The van der Waals surface area contributed by atoms with E-state index in [9.17, 15) is 4.79 Å². The molecule has 1 aromatic rings. The van der Waals surface area contributed by atoms with E-state index in [-0.39, 0.29) is 5.97 Å². The van der Waals surface area contributed by atoms with Gasteiger partial charge in [0, 0.05) is 0 Å². The molecule has 0 bridgehead atoms. The fraction of sp³-hybridized carbons (Fsp3) is 0.400. The molecule has 0 heterocycles. The van der Waals surface area contributed by atoms with Crippen molar-refractivity contribution >= 4 is 11.5 Å². The lowest BCUT2D eigenvalue weighted by molar-refractivity contribution is -0.133. The molecular weight excluding hydrogens is 228 g/mol. The van der Waals surface area contributed by atoms with Gasteiger partial charge in [-0.25, -0.2) is 4.79 Å². The van der Waals surface area contributed by atoms with E-state index < -0.39 is 0 Å². The Bertz CT molecular complexity index is 485. The highest BCUT2D eigenvalue weighted by Crippen LogP contribution is 2.41. The van der Waals surface area contributed by atoms with Gasteiger partial charge in [0.15, 0.2) is 0 Å². The zero-order valence-corrected chi connectivity index (χ0v) is 11.0. The zero-order valence-electron chi connectivity index (χ0n) is 11.0. The number of rotatable bonds is 4. The maximum absolute atomic E-state index is 11.8. The van der Waals surface area contributed by atoms with Crippen molar-refractivity contribution < 1.29 is 14.3 Å². The lowest BCUT2D eigenvalue weighted by Crippen LogP contribution is -2.06. The molecule has 0 aliphatic heterocycles. The van der Waals surface area contributed by atoms with Crippen LogP contribution in [0.2, 0.25) is 0 Å². The van der Waals surface area contributed by atoms with Crippen LogP contribution in [0.4, 0.5) is 0 Å². The Kier molecular flexibility index (Phi) is 3.70. The van der Waals surface area contributed by atoms with Crippen LogP contribution in [0.3, 0.4) is 0 Å². The van der Waals surface area contributed by atoms with E-state index in [4.69, 9.17) is 9.47 Å². The van der Waals surface area contributed by atoms with Crippen LogP contribution in [0.5, 0.6) is 0 Å². The standard InChI is InChI=1S/C15H18O3/c1-10-4-5-12(11-6-7-11)8-13(10)14(9-17-2)15(16)18-3/h4-5,8-9,11H,6-7H2,1-3H3/b14-9+. The maximum Gasteiger partial charge on any atom is 0.341 e. The number of hydrogen-bond donors (Lipinski definition) is 0.